The highest BCUT2D eigenvalue weighted by Gasteiger charge is 2.37. The van der Waals surface area contributed by atoms with Gasteiger partial charge in [-0.2, -0.15) is 0 Å². The molecule has 3 aromatic carbocycles. The van der Waals surface area contributed by atoms with Gasteiger partial charge in [-0.3, -0.25) is 4.79 Å². The molecule has 4 aromatic rings. The smallest absolute Gasteiger partial charge is 0.360 e. The van der Waals surface area contributed by atoms with Crippen LogP contribution in [0.4, 0.5) is 5.13 Å². The van der Waals surface area contributed by atoms with Gasteiger partial charge in [0.25, 0.3) is 0 Å². The molecule has 0 saturated carbocycles. The first-order valence-electron chi connectivity index (χ1n) is 10.9. The number of carbonyl (C=O) groups excluding carboxylic acids is 1. The molecule has 3 N–H and O–H groups in total. The van der Waals surface area contributed by atoms with Crippen molar-refractivity contribution in [3.8, 4) is 0 Å². The van der Waals surface area contributed by atoms with Crippen molar-refractivity contribution in [1.29, 1.82) is 0 Å². The van der Waals surface area contributed by atoms with Crippen molar-refractivity contribution in [2.24, 2.45) is 5.16 Å². The molecule has 0 aliphatic heterocycles. The summed E-state index contributed by atoms with van der Waals surface area (Å²) < 4.78 is 0. The van der Waals surface area contributed by atoms with E-state index in [1.54, 1.807) is 19.5 Å². The van der Waals surface area contributed by atoms with Crippen LogP contribution in [-0.2, 0) is 15.1 Å². The fourth-order valence-electron chi connectivity index (χ4n) is 3.58. The first-order valence-corrected chi connectivity index (χ1v) is 11.8. The summed E-state index contributed by atoms with van der Waals surface area (Å²) in [6.45, 7) is 0. The van der Waals surface area contributed by atoms with E-state index >= 15 is 0 Å². The number of carbonyl (C=O) groups is 2. The number of rotatable bonds is 8. The maximum atomic E-state index is 11.3. The van der Waals surface area contributed by atoms with E-state index in [1.165, 1.54) is 16.2 Å². The molecule has 37 heavy (non-hydrogen) atoms. The zero-order valence-corrected chi connectivity index (χ0v) is 21.8. The van der Waals surface area contributed by atoms with E-state index in [-0.39, 0.29) is 18.1 Å². The van der Waals surface area contributed by atoms with Gasteiger partial charge in [-0.15, -0.1) is 23.7 Å². The molecular weight excluding hydrogens is 512 g/mol. The summed E-state index contributed by atoms with van der Waals surface area (Å²) in [6.07, 6.45) is 0.750. The topological polar surface area (TPSA) is 115 Å². The average Bonchev–Trinajstić information content (AvgIpc) is 3.37. The van der Waals surface area contributed by atoms with Gasteiger partial charge in [0.15, 0.2) is 5.13 Å². The van der Waals surface area contributed by atoms with Gasteiger partial charge in [-0.05, 0) is 16.7 Å². The minimum absolute atomic E-state index is 0. The van der Waals surface area contributed by atoms with Crippen molar-refractivity contribution < 1.29 is 19.9 Å². The van der Waals surface area contributed by atoms with Crippen molar-refractivity contribution >= 4 is 47.0 Å². The minimum atomic E-state index is -1.35. The van der Waals surface area contributed by atoms with Crippen LogP contribution in [0.1, 0.15) is 22.4 Å². The first-order chi connectivity index (χ1) is 17.4. The number of aromatic nitrogens is 1. The average molecular weight is 539 g/mol. The van der Waals surface area contributed by atoms with E-state index in [1.807, 2.05) is 91.0 Å². The van der Waals surface area contributed by atoms with Crippen LogP contribution in [0.25, 0.3) is 0 Å². The van der Waals surface area contributed by atoms with E-state index in [0.717, 1.165) is 23.1 Å². The van der Waals surface area contributed by atoms with E-state index < -0.39 is 17.2 Å². The normalized spacial score (nSPS) is 10.8. The van der Waals surface area contributed by atoms with E-state index in [2.05, 4.69) is 15.5 Å². The second-order valence-electron chi connectivity index (χ2n) is 7.83. The summed E-state index contributed by atoms with van der Waals surface area (Å²) in [4.78, 5) is 26.6. The number of hydrogen-bond acceptors (Lipinski definition) is 7. The van der Waals surface area contributed by atoms with E-state index in [9.17, 15) is 14.7 Å². The Labute approximate surface area is 225 Å². The number of aliphatic carboxylic acids is 1. The largest absolute Gasteiger partial charge is 0.476 e. The van der Waals surface area contributed by atoms with Gasteiger partial charge in [0.2, 0.25) is 12.1 Å². The van der Waals surface area contributed by atoms with Gasteiger partial charge in [0.1, 0.15) is 11.2 Å². The number of carboxylic acids is 1. The Morgan fingerprint density at radius 1 is 0.919 bits per heavy atom. The lowest BCUT2D eigenvalue weighted by molar-refractivity contribution is -0.129. The fraction of sp³-hybridized carbons (Fsp3) is 0.111. The van der Waals surface area contributed by atoms with Crippen LogP contribution in [0.15, 0.2) is 102 Å². The van der Waals surface area contributed by atoms with Gasteiger partial charge in [0, 0.05) is 19.5 Å². The minimum Gasteiger partial charge on any atom is -0.476 e. The Balaban J connectivity index is 0.000000734. The predicted molar refractivity (Wildman–Crippen MR) is 148 cm³/mol. The van der Waals surface area contributed by atoms with Crippen molar-refractivity contribution in [1.82, 2.24) is 9.88 Å². The van der Waals surface area contributed by atoms with Gasteiger partial charge in [-0.1, -0.05) is 96.2 Å². The third kappa shape index (κ3) is 6.93. The Hall–Kier alpha value is -4.21. The lowest BCUT2D eigenvalue weighted by Crippen LogP contribution is -2.38. The molecule has 0 bridgehead atoms. The van der Waals surface area contributed by atoms with Crippen molar-refractivity contribution in [3.05, 3.63) is 119 Å². The molecule has 8 nitrogen and oxygen atoms in total. The zero-order chi connectivity index (χ0) is 26.0. The maximum absolute atomic E-state index is 11.3. The van der Waals surface area contributed by atoms with Gasteiger partial charge in [-0.25, -0.2) is 9.78 Å². The van der Waals surface area contributed by atoms with Gasteiger partial charge in [0.05, 0.1) is 0 Å². The number of nitrogens with zero attached hydrogens (tertiary/aromatic N) is 3. The van der Waals surface area contributed by atoms with Crippen LogP contribution < -0.4 is 5.32 Å². The highest BCUT2D eigenvalue weighted by Crippen LogP contribution is 2.40. The van der Waals surface area contributed by atoms with Crippen LogP contribution in [-0.4, -0.2) is 52.4 Å². The molecule has 0 fully saturated rings. The molecule has 0 aliphatic carbocycles. The Morgan fingerprint density at radius 3 is 1.65 bits per heavy atom. The Bertz CT molecular complexity index is 1200. The maximum Gasteiger partial charge on any atom is 0.360 e. The molecule has 0 aliphatic rings. The number of carboxylic acid groups (broad SMARTS) is 1. The molecule has 0 unspecified atom stereocenters. The molecule has 4 rings (SSSR count). The van der Waals surface area contributed by atoms with Gasteiger partial charge >= 0.3 is 5.97 Å². The second kappa shape index (κ2) is 13.8. The molecule has 1 aromatic heterocycles. The monoisotopic (exact) mass is 538 g/mol. The summed E-state index contributed by atoms with van der Waals surface area (Å²) >= 11 is 1.24. The Morgan fingerprint density at radius 2 is 1.32 bits per heavy atom. The van der Waals surface area contributed by atoms with Crippen LogP contribution in [0.5, 0.6) is 0 Å². The van der Waals surface area contributed by atoms with E-state index in [4.69, 9.17) is 5.21 Å². The SMILES string of the molecule is CN(C)C=O.Cl.O=C(O)C(=NO)c1csc(NC(c2ccccc2)(c2ccccc2)c2ccccc2)n1. The predicted octanol–water partition coefficient (Wildman–Crippen LogP) is 4.94. The summed E-state index contributed by atoms with van der Waals surface area (Å²) in [5, 5.41) is 26.8. The lowest BCUT2D eigenvalue weighted by atomic mass is 9.77. The molecule has 10 heteroatoms. The molecule has 1 heterocycles. The molecule has 0 spiro atoms. The molecule has 0 atom stereocenters. The third-order valence-electron chi connectivity index (χ3n) is 5.18. The van der Waals surface area contributed by atoms with Crippen molar-refractivity contribution in [2.75, 3.05) is 19.4 Å². The highest BCUT2D eigenvalue weighted by molar-refractivity contribution is 7.14. The number of oxime groups is 1. The number of thiazole rings is 1. The van der Waals surface area contributed by atoms with Crippen LogP contribution >= 0.6 is 23.7 Å². The van der Waals surface area contributed by atoms with Crippen molar-refractivity contribution in [2.45, 2.75) is 5.54 Å². The quantitative estimate of drug-likeness (QED) is 0.0962. The first kappa shape index (κ1) is 29.0. The lowest BCUT2D eigenvalue weighted by Gasteiger charge is -2.36. The molecule has 0 saturated heterocycles. The van der Waals surface area contributed by atoms with Crippen molar-refractivity contribution in [3.63, 3.8) is 0 Å². The summed E-state index contributed by atoms with van der Waals surface area (Å²) in [5.74, 6) is -1.35. The Kier molecular flexibility index (Phi) is 10.8. The summed E-state index contributed by atoms with van der Waals surface area (Å²) in [6, 6.07) is 30.0. The number of anilines is 1. The molecule has 0 radical (unpaired) electrons. The van der Waals surface area contributed by atoms with Gasteiger partial charge < -0.3 is 20.5 Å². The molecule has 192 valence electrons. The standard InChI is InChI=1S/C24H19N3O3S.C3H7NO.ClH/c28-22(29)21(27-30)20-16-31-23(25-20)26-24(17-10-4-1-5-11-17,18-12-6-2-7-13-18)19-14-8-3-9-15-19;1-4(2)3-5;/h1-16,30H,(H,25,26)(H,28,29);3H,1-2H3;1H. The number of nitrogens with one attached hydrogen (secondary N) is 1. The second-order valence-corrected chi connectivity index (χ2v) is 8.69. The van der Waals surface area contributed by atoms with Crippen LogP contribution in [0, 0.1) is 0 Å². The highest BCUT2D eigenvalue weighted by atomic mass is 35.5. The van der Waals surface area contributed by atoms with Crippen LogP contribution in [0.2, 0.25) is 0 Å². The summed E-state index contributed by atoms with van der Waals surface area (Å²) in [5.41, 5.74) is 1.80. The molecular formula is C27H27ClN4O4S. The zero-order valence-electron chi connectivity index (χ0n) is 20.2. The number of benzene rings is 3. The molecule has 1 amide bonds. The number of halogens is 1. The summed E-state index contributed by atoms with van der Waals surface area (Å²) in [7, 11) is 3.38. The fourth-order valence-corrected chi connectivity index (χ4v) is 4.34. The number of hydrogen-bond donors (Lipinski definition) is 3. The third-order valence-corrected chi connectivity index (χ3v) is 5.93. The van der Waals surface area contributed by atoms with E-state index in [0.29, 0.717) is 5.13 Å². The number of amides is 1. The van der Waals surface area contributed by atoms with Crippen LogP contribution in [0.3, 0.4) is 0 Å².